The second kappa shape index (κ2) is 4.96. The van der Waals surface area contributed by atoms with Crippen molar-refractivity contribution in [3.05, 3.63) is 58.8 Å². The van der Waals surface area contributed by atoms with Gasteiger partial charge in [-0.3, -0.25) is 4.79 Å². The van der Waals surface area contributed by atoms with Crippen molar-refractivity contribution in [2.24, 2.45) is 0 Å². The van der Waals surface area contributed by atoms with Crippen LogP contribution in [0, 0.1) is 0 Å². The molecule has 0 saturated heterocycles. The number of Topliss-reactive ketones (excluding diaryl/α,β-unsaturated/α-hetero) is 1. The number of allylic oxidation sites excluding steroid dienone is 1. The van der Waals surface area contributed by atoms with E-state index in [4.69, 9.17) is 9.84 Å². The van der Waals surface area contributed by atoms with E-state index >= 15 is 0 Å². The number of rotatable bonds is 2. The predicted octanol–water partition coefficient (Wildman–Crippen LogP) is 2.21. The van der Waals surface area contributed by atoms with Gasteiger partial charge in [0.2, 0.25) is 5.78 Å². The molecular weight excluding hydrogens is 272 g/mol. The van der Waals surface area contributed by atoms with E-state index in [2.05, 4.69) is 0 Å². The smallest absolute Gasteiger partial charge is 0.231 e. The molecule has 5 heteroatoms. The first-order valence-electron chi connectivity index (χ1n) is 6.28. The maximum absolute atomic E-state index is 12.1. The molecule has 5 nitrogen and oxygen atoms in total. The molecule has 0 radical (unpaired) electrons. The average molecular weight is 284 g/mol. The van der Waals surface area contributed by atoms with E-state index in [1.54, 1.807) is 12.1 Å². The summed E-state index contributed by atoms with van der Waals surface area (Å²) in [6.07, 6.45) is 1.50. The van der Waals surface area contributed by atoms with Crippen molar-refractivity contribution in [3.8, 4) is 17.2 Å². The van der Waals surface area contributed by atoms with E-state index in [1.807, 2.05) is 0 Å². The lowest BCUT2D eigenvalue weighted by atomic mass is 10.1. The fourth-order valence-electron chi connectivity index (χ4n) is 2.13. The second-order valence-electron chi connectivity index (χ2n) is 4.67. The molecule has 1 heterocycles. The fourth-order valence-corrected chi connectivity index (χ4v) is 2.13. The third kappa shape index (κ3) is 2.34. The van der Waals surface area contributed by atoms with E-state index in [1.165, 1.54) is 30.3 Å². The van der Waals surface area contributed by atoms with Crippen LogP contribution in [0.5, 0.6) is 17.2 Å². The van der Waals surface area contributed by atoms with Gasteiger partial charge in [-0.15, -0.1) is 0 Å². The Kier molecular flexibility index (Phi) is 3.12. The molecule has 3 rings (SSSR count). The van der Waals surface area contributed by atoms with Crippen molar-refractivity contribution in [1.82, 2.24) is 0 Å². The number of phenols is 2. The second-order valence-corrected chi connectivity index (χ2v) is 4.67. The number of aliphatic hydroxyl groups is 1. The van der Waals surface area contributed by atoms with E-state index in [0.717, 1.165) is 0 Å². The number of benzene rings is 2. The molecule has 21 heavy (non-hydrogen) atoms. The number of carbonyl (C=O) groups excluding carboxylic acids is 1. The summed E-state index contributed by atoms with van der Waals surface area (Å²) in [5, 5.41) is 28.1. The van der Waals surface area contributed by atoms with Gasteiger partial charge in [0, 0.05) is 11.6 Å². The Morgan fingerprint density at radius 2 is 1.90 bits per heavy atom. The third-order valence-corrected chi connectivity index (χ3v) is 3.23. The molecular formula is C16H12O5. The van der Waals surface area contributed by atoms with Crippen molar-refractivity contribution in [1.29, 1.82) is 0 Å². The van der Waals surface area contributed by atoms with Crippen molar-refractivity contribution < 1.29 is 24.9 Å². The summed E-state index contributed by atoms with van der Waals surface area (Å²) in [4.78, 5) is 12.1. The normalized spacial score (nSPS) is 15.1. The van der Waals surface area contributed by atoms with Gasteiger partial charge in [0.15, 0.2) is 5.76 Å². The SMILES string of the molecule is O=C1/C(=C/c2ccc(CO)c(O)c2)Oc2cc(O)ccc21. The fraction of sp³-hybridized carbons (Fsp3) is 0.0625. The van der Waals surface area contributed by atoms with Crippen LogP contribution in [0.25, 0.3) is 6.08 Å². The zero-order chi connectivity index (χ0) is 15.0. The minimum Gasteiger partial charge on any atom is -0.508 e. The minimum atomic E-state index is -0.282. The van der Waals surface area contributed by atoms with Gasteiger partial charge in [0.25, 0.3) is 0 Å². The number of carbonyl (C=O) groups is 1. The maximum Gasteiger partial charge on any atom is 0.231 e. The molecule has 0 spiro atoms. The van der Waals surface area contributed by atoms with Gasteiger partial charge >= 0.3 is 0 Å². The molecule has 106 valence electrons. The number of hydrogen-bond donors (Lipinski definition) is 3. The van der Waals surface area contributed by atoms with Crippen molar-refractivity contribution in [2.45, 2.75) is 6.61 Å². The number of phenolic OH excluding ortho intramolecular Hbond substituents is 1. The van der Waals surface area contributed by atoms with Gasteiger partial charge in [0.05, 0.1) is 12.2 Å². The average Bonchev–Trinajstić information content (AvgIpc) is 2.75. The van der Waals surface area contributed by atoms with Crippen LogP contribution in [0.2, 0.25) is 0 Å². The van der Waals surface area contributed by atoms with Crippen LogP contribution >= 0.6 is 0 Å². The standard InChI is InChI=1S/C16H12O5/c17-8-10-2-1-9(5-13(10)19)6-15-16(20)12-4-3-11(18)7-14(12)21-15/h1-7,17-19H,8H2/b15-6-. The zero-order valence-corrected chi connectivity index (χ0v) is 10.9. The Balaban J connectivity index is 1.95. The van der Waals surface area contributed by atoms with Crippen LogP contribution in [0.15, 0.2) is 42.2 Å². The highest BCUT2D eigenvalue weighted by atomic mass is 16.5. The summed E-state index contributed by atoms with van der Waals surface area (Å²) >= 11 is 0. The highest BCUT2D eigenvalue weighted by molar-refractivity contribution is 6.14. The molecule has 2 aromatic rings. The first kappa shape index (κ1) is 13.2. The largest absolute Gasteiger partial charge is 0.508 e. The van der Waals surface area contributed by atoms with Crippen LogP contribution in [0.3, 0.4) is 0 Å². The highest BCUT2D eigenvalue weighted by Crippen LogP contribution is 2.34. The molecule has 2 aromatic carbocycles. The maximum atomic E-state index is 12.1. The lowest BCUT2D eigenvalue weighted by molar-refractivity contribution is 0.101. The van der Waals surface area contributed by atoms with E-state index < -0.39 is 0 Å². The van der Waals surface area contributed by atoms with Gasteiger partial charge in [-0.05, 0) is 29.8 Å². The Morgan fingerprint density at radius 1 is 1.10 bits per heavy atom. The number of hydrogen-bond acceptors (Lipinski definition) is 5. The van der Waals surface area contributed by atoms with Gasteiger partial charge in [-0.2, -0.15) is 0 Å². The molecule has 0 saturated carbocycles. The molecule has 1 aliphatic rings. The van der Waals surface area contributed by atoms with Crippen LogP contribution in [-0.4, -0.2) is 21.1 Å². The molecule has 0 fully saturated rings. The Labute approximate surface area is 120 Å². The van der Waals surface area contributed by atoms with Crippen LogP contribution in [0.1, 0.15) is 21.5 Å². The van der Waals surface area contributed by atoms with E-state index in [-0.39, 0.29) is 29.6 Å². The van der Waals surface area contributed by atoms with Crippen LogP contribution in [0.4, 0.5) is 0 Å². The highest BCUT2D eigenvalue weighted by Gasteiger charge is 2.27. The predicted molar refractivity (Wildman–Crippen MR) is 75.1 cm³/mol. The first-order valence-corrected chi connectivity index (χ1v) is 6.28. The summed E-state index contributed by atoms with van der Waals surface area (Å²) < 4.78 is 5.42. The topological polar surface area (TPSA) is 87.0 Å². The van der Waals surface area contributed by atoms with Crippen LogP contribution in [-0.2, 0) is 6.61 Å². The Morgan fingerprint density at radius 3 is 2.62 bits per heavy atom. The minimum absolute atomic E-state index is 0.0211. The monoisotopic (exact) mass is 284 g/mol. The van der Waals surface area contributed by atoms with E-state index in [9.17, 15) is 15.0 Å². The molecule has 1 aliphatic heterocycles. The molecule has 0 amide bonds. The van der Waals surface area contributed by atoms with Gasteiger partial charge in [-0.25, -0.2) is 0 Å². The number of aromatic hydroxyl groups is 2. The van der Waals surface area contributed by atoms with Gasteiger partial charge in [-0.1, -0.05) is 12.1 Å². The van der Waals surface area contributed by atoms with Crippen LogP contribution < -0.4 is 4.74 Å². The molecule has 0 aromatic heterocycles. The first-order chi connectivity index (χ1) is 10.1. The zero-order valence-electron chi connectivity index (χ0n) is 10.9. The molecule has 0 atom stereocenters. The van der Waals surface area contributed by atoms with Crippen molar-refractivity contribution in [3.63, 3.8) is 0 Å². The molecule has 3 N–H and O–H groups in total. The summed E-state index contributed by atoms with van der Waals surface area (Å²) in [5.41, 5.74) is 1.37. The van der Waals surface area contributed by atoms with Crippen molar-refractivity contribution >= 4 is 11.9 Å². The quantitative estimate of drug-likeness (QED) is 0.736. The Hall–Kier alpha value is -2.79. The molecule has 0 unspecified atom stereocenters. The Bertz CT molecular complexity index is 761. The lowest BCUT2D eigenvalue weighted by Gasteiger charge is -2.03. The lowest BCUT2D eigenvalue weighted by Crippen LogP contribution is -1.98. The number of aliphatic hydroxyl groups excluding tert-OH is 1. The third-order valence-electron chi connectivity index (χ3n) is 3.23. The number of ether oxygens (including phenoxy) is 1. The summed E-state index contributed by atoms with van der Waals surface area (Å²) in [6.45, 7) is -0.261. The van der Waals surface area contributed by atoms with Gasteiger partial charge in [0.1, 0.15) is 17.2 Å². The summed E-state index contributed by atoms with van der Waals surface area (Å²) in [5.74, 6) is 0.116. The number of ketones is 1. The number of fused-ring (bicyclic) bond motifs is 1. The summed E-state index contributed by atoms with van der Waals surface area (Å²) in [6, 6.07) is 8.97. The van der Waals surface area contributed by atoms with Gasteiger partial charge < -0.3 is 20.1 Å². The molecule has 0 aliphatic carbocycles. The summed E-state index contributed by atoms with van der Waals surface area (Å²) in [7, 11) is 0. The van der Waals surface area contributed by atoms with E-state index in [0.29, 0.717) is 22.4 Å². The van der Waals surface area contributed by atoms with Crippen molar-refractivity contribution in [2.75, 3.05) is 0 Å². The molecule has 0 bridgehead atoms.